The zero-order valence-electron chi connectivity index (χ0n) is 3.39. The van der Waals surface area contributed by atoms with E-state index in [1.807, 2.05) is 0 Å². The van der Waals surface area contributed by atoms with Crippen molar-refractivity contribution in [3.63, 3.8) is 0 Å². The van der Waals surface area contributed by atoms with Crippen molar-refractivity contribution in [3.8, 4) is 12.3 Å². The maximum atomic E-state index is 5.17. The molecule has 2 nitrogen and oxygen atoms in total. The summed E-state index contributed by atoms with van der Waals surface area (Å²) in [5.74, 6) is 7.66. The van der Waals surface area contributed by atoms with Crippen LogP contribution >= 0.6 is 0 Å². The van der Waals surface area contributed by atoms with Crippen molar-refractivity contribution in [2.45, 2.75) is 6.04 Å². The van der Waals surface area contributed by atoms with E-state index in [-0.39, 0.29) is 6.04 Å². The van der Waals surface area contributed by atoms with Gasteiger partial charge in [0, 0.05) is 6.54 Å². The van der Waals surface area contributed by atoms with Crippen LogP contribution in [0, 0.1) is 12.3 Å². The molecule has 0 radical (unpaired) electrons. The first-order valence-electron chi connectivity index (χ1n) is 1.82. The second-order valence-corrected chi connectivity index (χ2v) is 1.38. The quantitative estimate of drug-likeness (QED) is 0.235. The molecule has 0 aliphatic carbocycles. The number of rotatable bonds is 0. The number of nitrogens with two attached hydrogens (primary N) is 1. The average Bonchev–Trinajstić information content (AvgIpc) is 2.19. The van der Waals surface area contributed by atoms with Gasteiger partial charge in [-0.05, 0) is 0 Å². The number of hydrazine groups is 1. The van der Waals surface area contributed by atoms with Gasteiger partial charge in [-0.25, -0.2) is 5.01 Å². The van der Waals surface area contributed by atoms with Crippen LogP contribution < -0.4 is 5.84 Å². The first-order chi connectivity index (χ1) is 2.84. The number of nitrogens with zero attached hydrogens (tertiary/aromatic N) is 1. The Hall–Kier alpha value is -0.520. The molecule has 0 bridgehead atoms. The second-order valence-electron chi connectivity index (χ2n) is 1.38. The lowest BCUT2D eigenvalue weighted by molar-refractivity contribution is 0.576. The zero-order chi connectivity index (χ0) is 4.57. The first kappa shape index (κ1) is 3.66. The van der Waals surface area contributed by atoms with Crippen molar-refractivity contribution >= 4 is 0 Å². The first-order valence-corrected chi connectivity index (χ1v) is 1.82. The van der Waals surface area contributed by atoms with Crippen molar-refractivity contribution in [2.24, 2.45) is 5.84 Å². The normalized spacial score (nSPS) is 41.3. The molecule has 1 aliphatic rings. The highest BCUT2D eigenvalue weighted by atomic mass is 15.5. The van der Waals surface area contributed by atoms with Crippen LogP contribution in [0.3, 0.4) is 0 Å². The van der Waals surface area contributed by atoms with E-state index in [4.69, 9.17) is 12.3 Å². The van der Waals surface area contributed by atoms with Gasteiger partial charge in [0.05, 0.1) is 6.04 Å². The minimum Gasteiger partial charge on any atom is -0.267 e. The van der Waals surface area contributed by atoms with Crippen LogP contribution in [0.5, 0.6) is 0 Å². The van der Waals surface area contributed by atoms with Crippen molar-refractivity contribution in [3.05, 3.63) is 0 Å². The molecule has 0 amide bonds. The Balaban J connectivity index is 2.31. The van der Waals surface area contributed by atoms with Crippen molar-refractivity contribution in [1.82, 2.24) is 5.01 Å². The lowest BCUT2D eigenvalue weighted by Crippen LogP contribution is -2.07. The number of hydrogen-bond donors (Lipinski definition) is 1. The van der Waals surface area contributed by atoms with Crippen LogP contribution in [-0.4, -0.2) is 17.6 Å². The molecule has 2 unspecified atom stereocenters. The SMILES string of the molecule is C#CC1CN1N. The maximum absolute atomic E-state index is 5.17. The molecule has 2 N–H and O–H groups in total. The van der Waals surface area contributed by atoms with Gasteiger partial charge in [0.25, 0.3) is 0 Å². The Labute approximate surface area is 36.9 Å². The fourth-order valence-electron chi connectivity index (χ4n) is 0.301. The van der Waals surface area contributed by atoms with Gasteiger partial charge in [-0.3, -0.25) is 5.84 Å². The third-order valence-electron chi connectivity index (χ3n) is 0.843. The summed E-state index contributed by atoms with van der Waals surface area (Å²) in [5, 5.41) is 1.61. The molecule has 1 rings (SSSR count). The molecule has 0 aromatic heterocycles. The van der Waals surface area contributed by atoms with Gasteiger partial charge in [0.1, 0.15) is 0 Å². The number of terminal acetylenes is 1. The minimum atomic E-state index is 0.241. The van der Waals surface area contributed by atoms with Crippen molar-refractivity contribution in [1.29, 1.82) is 0 Å². The van der Waals surface area contributed by atoms with E-state index in [1.54, 1.807) is 5.01 Å². The summed E-state index contributed by atoms with van der Waals surface area (Å²) in [6.45, 7) is 0.872. The highest BCUT2D eigenvalue weighted by Crippen LogP contribution is 2.06. The molecule has 1 aliphatic heterocycles. The van der Waals surface area contributed by atoms with Gasteiger partial charge in [-0.2, -0.15) is 0 Å². The molecule has 2 heteroatoms. The summed E-state index contributed by atoms with van der Waals surface area (Å²) >= 11 is 0. The van der Waals surface area contributed by atoms with E-state index >= 15 is 0 Å². The Bertz CT molecular complexity index is 92.2. The number of hydrogen-bond acceptors (Lipinski definition) is 2. The standard InChI is InChI=1S/C4H6N2/c1-2-4-3-6(4)5/h1,4H,3,5H2. The van der Waals surface area contributed by atoms with E-state index in [9.17, 15) is 0 Å². The third kappa shape index (κ3) is 0.383. The molecule has 0 aromatic carbocycles. The molecular formula is C4H6N2. The molecule has 0 aromatic rings. The molecule has 6 heavy (non-hydrogen) atoms. The van der Waals surface area contributed by atoms with E-state index in [1.165, 1.54) is 0 Å². The second kappa shape index (κ2) is 0.970. The average molecular weight is 82.1 g/mol. The summed E-state index contributed by atoms with van der Waals surface area (Å²) in [6.07, 6.45) is 4.95. The predicted octanol–water partition coefficient (Wildman–Crippen LogP) is -0.823. The maximum Gasteiger partial charge on any atom is 0.0987 e. The van der Waals surface area contributed by atoms with E-state index in [2.05, 4.69) is 5.92 Å². The van der Waals surface area contributed by atoms with Crippen molar-refractivity contribution < 1.29 is 0 Å². The van der Waals surface area contributed by atoms with Gasteiger partial charge in [-0.1, -0.05) is 5.92 Å². The molecule has 2 atom stereocenters. The molecule has 1 fully saturated rings. The smallest absolute Gasteiger partial charge is 0.0987 e. The van der Waals surface area contributed by atoms with Crippen LogP contribution in [0.15, 0.2) is 0 Å². The van der Waals surface area contributed by atoms with Crippen LogP contribution in [0.2, 0.25) is 0 Å². The van der Waals surface area contributed by atoms with Crippen LogP contribution in [0.4, 0.5) is 0 Å². The highest BCUT2D eigenvalue weighted by molar-refractivity contribution is 5.08. The Morgan fingerprint density at radius 1 is 2.00 bits per heavy atom. The van der Waals surface area contributed by atoms with Gasteiger partial charge >= 0.3 is 0 Å². The predicted molar refractivity (Wildman–Crippen MR) is 23.5 cm³/mol. The van der Waals surface area contributed by atoms with Gasteiger partial charge in [0.2, 0.25) is 0 Å². The van der Waals surface area contributed by atoms with Gasteiger partial charge in [-0.15, -0.1) is 6.42 Å². The van der Waals surface area contributed by atoms with E-state index in [0.717, 1.165) is 6.54 Å². The molecule has 0 spiro atoms. The lowest BCUT2D eigenvalue weighted by Gasteiger charge is -1.76. The molecule has 0 saturated carbocycles. The summed E-state index contributed by atoms with van der Waals surface area (Å²) in [4.78, 5) is 0. The summed E-state index contributed by atoms with van der Waals surface area (Å²) < 4.78 is 0. The van der Waals surface area contributed by atoms with E-state index < -0.39 is 0 Å². The van der Waals surface area contributed by atoms with Gasteiger partial charge in [0.15, 0.2) is 0 Å². The Morgan fingerprint density at radius 2 is 2.50 bits per heavy atom. The van der Waals surface area contributed by atoms with E-state index in [0.29, 0.717) is 0 Å². The van der Waals surface area contributed by atoms with Crippen LogP contribution in [-0.2, 0) is 0 Å². The summed E-state index contributed by atoms with van der Waals surface area (Å²) in [6, 6.07) is 0.241. The molecule has 1 saturated heterocycles. The largest absolute Gasteiger partial charge is 0.267 e. The third-order valence-corrected chi connectivity index (χ3v) is 0.843. The minimum absolute atomic E-state index is 0.241. The summed E-state index contributed by atoms with van der Waals surface area (Å²) in [7, 11) is 0. The Morgan fingerprint density at radius 3 is 2.50 bits per heavy atom. The molecule has 1 heterocycles. The lowest BCUT2D eigenvalue weighted by atomic mass is 10.5. The zero-order valence-corrected chi connectivity index (χ0v) is 3.39. The Kier molecular flexibility index (Phi) is 0.592. The van der Waals surface area contributed by atoms with Crippen molar-refractivity contribution in [2.75, 3.05) is 6.54 Å². The van der Waals surface area contributed by atoms with Crippen LogP contribution in [0.25, 0.3) is 0 Å². The highest BCUT2D eigenvalue weighted by Gasteiger charge is 2.27. The topological polar surface area (TPSA) is 29.0 Å². The van der Waals surface area contributed by atoms with Crippen LogP contribution in [0.1, 0.15) is 0 Å². The summed E-state index contributed by atoms with van der Waals surface area (Å²) in [5.41, 5.74) is 0. The fraction of sp³-hybridized carbons (Fsp3) is 0.500. The fourth-order valence-corrected chi connectivity index (χ4v) is 0.301. The molecule has 32 valence electrons. The van der Waals surface area contributed by atoms with Gasteiger partial charge < -0.3 is 0 Å². The monoisotopic (exact) mass is 82.1 g/mol. The molecular weight excluding hydrogens is 76.1 g/mol.